The fourth-order valence-electron chi connectivity index (χ4n) is 1.85. The van der Waals surface area contributed by atoms with E-state index in [4.69, 9.17) is 10.00 Å². The Morgan fingerprint density at radius 2 is 2.25 bits per heavy atom. The normalized spacial score (nSPS) is 17.1. The summed E-state index contributed by atoms with van der Waals surface area (Å²) in [5.41, 5.74) is 0.416. The second-order valence-electron chi connectivity index (χ2n) is 3.78. The lowest BCUT2D eigenvalue weighted by Crippen LogP contribution is -2.37. The van der Waals surface area contributed by atoms with Gasteiger partial charge in [-0.1, -0.05) is 0 Å². The van der Waals surface area contributed by atoms with Gasteiger partial charge in [-0.2, -0.15) is 5.26 Å². The zero-order valence-corrected chi connectivity index (χ0v) is 9.26. The van der Waals surface area contributed by atoms with Gasteiger partial charge in [-0.05, 0) is 18.9 Å². The average Bonchev–Trinajstić information content (AvgIpc) is 2.39. The molecule has 0 amide bonds. The molecule has 0 aromatic carbocycles. The van der Waals surface area contributed by atoms with E-state index in [1.54, 1.807) is 19.4 Å². The maximum atomic E-state index is 8.76. The highest BCUT2D eigenvalue weighted by Crippen LogP contribution is 2.17. The van der Waals surface area contributed by atoms with Crippen LogP contribution in [-0.4, -0.2) is 36.3 Å². The monoisotopic (exact) mass is 218 g/mol. The SMILES string of the molecule is COC1CCN(c2nccc(C#N)n2)CC1. The zero-order chi connectivity index (χ0) is 11.4. The number of aromatic nitrogens is 2. The van der Waals surface area contributed by atoms with Crippen LogP contribution in [0, 0.1) is 11.3 Å². The van der Waals surface area contributed by atoms with Crippen molar-refractivity contribution in [1.82, 2.24) is 9.97 Å². The standard InChI is InChI=1S/C11H14N4O/c1-16-10-3-6-15(7-4-10)11-13-5-2-9(8-12)14-11/h2,5,10H,3-4,6-7H2,1H3. The van der Waals surface area contributed by atoms with E-state index in [9.17, 15) is 0 Å². The van der Waals surface area contributed by atoms with Crippen LogP contribution in [0.4, 0.5) is 5.95 Å². The molecule has 2 rings (SSSR count). The van der Waals surface area contributed by atoms with Gasteiger partial charge in [0.25, 0.3) is 0 Å². The minimum absolute atomic E-state index is 0.343. The molecule has 5 heteroatoms. The van der Waals surface area contributed by atoms with Gasteiger partial charge >= 0.3 is 0 Å². The van der Waals surface area contributed by atoms with Gasteiger partial charge in [0.2, 0.25) is 5.95 Å². The third kappa shape index (κ3) is 2.28. The molecule has 16 heavy (non-hydrogen) atoms. The van der Waals surface area contributed by atoms with Crippen molar-refractivity contribution in [1.29, 1.82) is 5.26 Å². The number of hydrogen-bond acceptors (Lipinski definition) is 5. The topological polar surface area (TPSA) is 62.0 Å². The molecule has 1 aromatic rings. The molecule has 1 fully saturated rings. The molecule has 2 heterocycles. The summed E-state index contributed by atoms with van der Waals surface area (Å²) < 4.78 is 5.30. The van der Waals surface area contributed by atoms with Crippen LogP contribution in [0.1, 0.15) is 18.5 Å². The van der Waals surface area contributed by atoms with Crippen molar-refractivity contribution in [3.8, 4) is 6.07 Å². The Kier molecular flexibility index (Phi) is 3.32. The highest BCUT2D eigenvalue weighted by molar-refractivity contribution is 5.34. The third-order valence-corrected chi connectivity index (χ3v) is 2.82. The van der Waals surface area contributed by atoms with Crippen LogP contribution in [-0.2, 0) is 4.74 Å². The van der Waals surface area contributed by atoms with Crippen LogP contribution in [0.5, 0.6) is 0 Å². The van der Waals surface area contributed by atoms with Crippen LogP contribution < -0.4 is 4.90 Å². The van der Waals surface area contributed by atoms with Crippen molar-refractivity contribution in [2.24, 2.45) is 0 Å². The lowest BCUT2D eigenvalue weighted by molar-refractivity contribution is 0.0816. The molecule has 1 saturated heterocycles. The Labute approximate surface area is 94.7 Å². The molecule has 0 radical (unpaired) electrons. The largest absolute Gasteiger partial charge is 0.381 e. The quantitative estimate of drug-likeness (QED) is 0.740. The average molecular weight is 218 g/mol. The highest BCUT2D eigenvalue weighted by Gasteiger charge is 2.20. The molecule has 0 aliphatic carbocycles. The van der Waals surface area contributed by atoms with Gasteiger partial charge in [0, 0.05) is 26.4 Å². The summed E-state index contributed by atoms with van der Waals surface area (Å²) in [6, 6.07) is 3.64. The van der Waals surface area contributed by atoms with Crippen molar-refractivity contribution in [2.45, 2.75) is 18.9 Å². The van der Waals surface area contributed by atoms with Gasteiger partial charge in [0.15, 0.2) is 0 Å². The van der Waals surface area contributed by atoms with Gasteiger partial charge in [0.1, 0.15) is 11.8 Å². The van der Waals surface area contributed by atoms with Crippen molar-refractivity contribution >= 4 is 5.95 Å². The summed E-state index contributed by atoms with van der Waals surface area (Å²) in [6.45, 7) is 1.76. The van der Waals surface area contributed by atoms with E-state index in [-0.39, 0.29) is 0 Å². The summed E-state index contributed by atoms with van der Waals surface area (Å²) in [7, 11) is 1.74. The number of anilines is 1. The van der Waals surface area contributed by atoms with E-state index in [1.807, 2.05) is 6.07 Å². The van der Waals surface area contributed by atoms with Crippen molar-refractivity contribution in [3.63, 3.8) is 0 Å². The maximum Gasteiger partial charge on any atom is 0.226 e. The van der Waals surface area contributed by atoms with Gasteiger partial charge in [0.05, 0.1) is 6.10 Å². The van der Waals surface area contributed by atoms with Crippen LogP contribution in [0.25, 0.3) is 0 Å². The first-order chi connectivity index (χ1) is 7.83. The van der Waals surface area contributed by atoms with Crippen LogP contribution >= 0.6 is 0 Å². The van der Waals surface area contributed by atoms with Gasteiger partial charge < -0.3 is 9.64 Å². The second kappa shape index (κ2) is 4.90. The lowest BCUT2D eigenvalue weighted by Gasteiger charge is -2.31. The number of hydrogen-bond donors (Lipinski definition) is 0. The van der Waals surface area contributed by atoms with E-state index in [0.717, 1.165) is 25.9 Å². The predicted molar refractivity (Wildman–Crippen MR) is 59.0 cm³/mol. The minimum atomic E-state index is 0.343. The Morgan fingerprint density at radius 3 is 2.88 bits per heavy atom. The Bertz CT molecular complexity index is 393. The molecule has 1 aliphatic heterocycles. The summed E-state index contributed by atoms with van der Waals surface area (Å²) in [6.07, 6.45) is 3.94. The molecule has 84 valence electrons. The number of methoxy groups -OCH3 is 1. The van der Waals surface area contributed by atoms with E-state index < -0.39 is 0 Å². The van der Waals surface area contributed by atoms with E-state index in [0.29, 0.717) is 17.7 Å². The first-order valence-corrected chi connectivity index (χ1v) is 5.34. The van der Waals surface area contributed by atoms with Crippen LogP contribution in [0.3, 0.4) is 0 Å². The third-order valence-electron chi connectivity index (χ3n) is 2.82. The molecule has 1 aliphatic rings. The molecule has 1 aromatic heterocycles. The lowest BCUT2D eigenvalue weighted by atomic mass is 10.1. The molecular weight excluding hydrogens is 204 g/mol. The molecule has 0 saturated carbocycles. The minimum Gasteiger partial charge on any atom is -0.381 e. The molecule has 0 N–H and O–H groups in total. The Balaban J connectivity index is 2.05. The first-order valence-electron chi connectivity index (χ1n) is 5.34. The van der Waals surface area contributed by atoms with Crippen molar-refractivity contribution in [3.05, 3.63) is 18.0 Å². The molecule has 0 atom stereocenters. The Hall–Kier alpha value is -1.67. The number of ether oxygens (including phenoxy) is 1. The Morgan fingerprint density at radius 1 is 1.50 bits per heavy atom. The summed E-state index contributed by atoms with van der Waals surface area (Å²) >= 11 is 0. The van der Waals surface area contributed by atoms with Gasteiger partial charge in [-0.3, -0.25) is 0 Å². The van der Waals surface area contributed by atoms with Gasteiger partial charge in [-0.15, -0.1) is 0 Å². The number of piperidine rings is 1. The summed E-state index contributed by atoms with van der Waals surface area (Å²) in [4.78, 5) is 10.5. The highest BCUT2D eigenvalue weighted by atomic mass is 16.5. The summed E-state index contributed by atoms with van der Waals surface area (Å²) in [5.74, 6) is 0.647. The molecule has 0 bridgehead atoms. The fourth-order valence-corrected chi connectivity index (χ4v) is 1.85. The number of rotatable bonds is 2. The maximum absolute atomic E-state index is 8.76. The van der Waals surface area contributed by atoms with Crippen molar-refractivity contribution < 1.29 is 4.74 Å². The van der Waals surface area contributed by atoms with E-state index >= 15 is 0 Å². The molecule has 0 unspecified atom stereocenters. The van der Waals surface area contributed by atoms with E-state index in [1.165, 1.54) is 0 Å². The number of nitrogens with zero attached hydrogens (tertiary/aromatic N) is 4. The zero-order valence-electron chi connectivity index (χ0n) is 9.26. The first kappa shape index (κ1) is 10.8. The smallest absolute Gasteiger partial charge is 0.226 e. The summed E-state index contributed by atoms with van der Waals surface area (Å²) in [5, 5.41) is 8.76. The van der Waals surface area contributed by atoms with Gasteiger partial charge in [-0.25, -0.2) is 9.97 Å². The van der Waals surface area contributed by atoms with Crippen LogP contribution in [0.2, 0.25) is 0 Å². The fraction of sp³-hybridized carbons (Fsp3) is 0.545. The van der Waals surface area contributed by atoms with Crippen LogP contribution in [0.15, 0.2) is 12.3 Å². The number of nitriles is 1. The second-order valence-corrected chi connectivity index (χ2v) is 3.78. The van der Waals surface area contributed by atoms with Crippen molar-refractivity contribution in [2.75, 3.05) is 25.1 Å². The van der Waals surface area contributed by atoms with E-state index in [2.05, 4.69) is 14.9 Å². The molecule has 5 nitrogen and oxygen atoms in total. The molecule has 0 spiro atoms. The predicted octanol–water partition coefficient (Wildman–Crippen LogP) is 0.963. The molecular formula is C11H14N4O.